The Morgan fingerprint density at radius 2 is 1.84 bits per heavy atom. The fourth-order valence-electron chi connectivity index (χ4n) is 3.20. The van der Waals surface area contributed by atoms with Gasteiger partial charge in [0, 0.05) is 25.8 Å². The van der Waals surface area contributed by atoms with Gasteiger partial charge in [-0.2, -0.15) is 18.2 Å². The lowest BCUT2D eigenvalue weighted by molar-refractivity contribution is -0.137. The molecule has 2 aromatic heterocycles. The van der Waals surface area contributed by atoms with E-state index in [0.717, 1.165) is 16.7 Å². The number of hydrogen-bond donors (Lipinski definition) is 1. The SMILES string of the molecule is O=C(Cn1cnc2nc(N3CCOCC3)ncc2c1=O)NCc1ccc(C(F)(F)F)cc1. The van der Waals surface area contributed by atoms with Crippen molar-refractivity contribution < 1.29 is 22.7 Å². The van der Waals surface area contributed by atoms with Gasteiger partial charge in [0.2, 0.25) is 11.9 Å². The van der Waals surface area contributed by atoms with Gasteiger partial charge in [0.15, 0.2) is 5.65 Å². The first-order valence-corrected chi connectivity index (χ1v) is 9.79. The fourth-order valence-corrected chi connectivity index (χ4v) is 3.20. The maximum absolute atomic E-state index is 12.7. The third-order valence-corrected chi connectivity index (χ3v) is 4.95. The Kier molecular flexibility index (Phi) is 6.04. The maximum atomic E-state index is 12.7. The number of ether oxygens (including phenoxy) is 1. The largest absolute Gasteiger partial charge is 0.416 e. The highest BCUT2D eigenvalue weighted by Gasteiger charge is 2.29. The number of nitrogens with zero attached hydrogens (tertiary/aromatic N) is 5. The van der Waals surface area contributed by atoms with Crippen LogP contribution in [0.4, 0.5) is 19.1 Å². The van der Waals surface area contributed by atoms with Crippen LogP contribution in [0.3, 0.4) is 0 Å². The number of amides is 1. The number of nitrogens with one attached hydrogen (secondary N) is 1. The molecule has 1 N–H and O–H groups in total. The average molecular weight is 448 g/mol. The van der Waals surface area contributed by atoms with Gasteiger partial charge in [0.1, 0.15) is 18.3 Å². The Morgan fingerprint density at radius 3 is 2.53 bits per heavy atom. The molecule has 0 spiro atoms. The van der Waals surface area contributed by atoms with E-state index in [2.05, 4.69) is 20.3 Å². The topological polar surface area (TPSA) is 102 Å². The lowest BCUT2D eigenvalue weighted by Crippen LogP contribution is -2.37. The van der Waals surface area contributed by atoms with Crippen LogP contribution in [-0.2, 0) is 28.8 Å². The minimum Gasteiger partial charge on any atom is -0.378 e. The molecule has 1 aromatic carbocycles. The van der Waals surface area contributed by atoms with E-state index < -0.39 is 23.2 Å². The third kappa shape index (κ3) is 4.85. The minimum absolute atomic E-state index is 0.0265. The van der Waals surface area contributed by atoms with E-state index in [9.17, 15) is 22.8 Å². The van der Waals surface area contributed by atoms with Crippen LogP contribution < -0.4 is 15.8 Å². The van der Waals surface area contributed by atoms with Crippen molar-refractivity contribution >= 4 is 22.9 Å². The zero-order valence-electron chi connectivity index (χ0n) is 16.8. The summed E-state index contributed by atoms with van der Waals surface area (Å²) in [6.07, 6.45) is -1.80. The molecule has 1 amide bonds. The quantitative estimate of drug-likeness (QED) is 0.629. The Bertz CT molecular complexity index is 1170. The van der Waals surface area contributed by atoms with Gasteiger partial charge in [-0.15, -0.1) is 0 Å². The van der Waals surface area contributed by atoms with Gasteiger partial charge in [-0.1, -0.05) is 12.1 Å². The van der Waals surface area contributed by atoms with Crippen LogP contribution in [0.15, 0.2) is 41.6 Å². The molecule has 0 atom stereocenters. The van der Waals surface area contributed by atoms with Crippen LogP contribution in [0.1, 0.15) is 11.1 Å². The number of aromatic nitrogens is 4. The number of anilines is 1. The molecule has 0 saturated carbocycles. The molecule has 1 fully saturated rings. The van der Waals surface area contributed by atoms with Crippen molar-refractivity contribution in [2.24, 2.45) is 0 Å². The summed E-state index contributed by atoms with van der Waals surface area (Å²) in [5.41, 5.74) is -0.499. The van der Waals surface area contributed by atoms with Crippen LogP contribution >= 0.6 is 0 Å². The van der Waals surface area contributed by atoms with Gasteiger partial charge >= 0.3 is 6.18 Å². The third-order valence-electron chi connectivity index (χ3n) is 4.95. The van der Waals surface area contributed by atoms with E-state index in [4.69, 9.17) is 4.74 Å². The monoisotopic (exact) mass is 448 g/mol. The molecule has 0 unspecified atom stereocenters. The summed E-state index contributed by atoms with van der Waals surface area (Å²) in [5.74, 6) is -0.0289. The summed E-state index contributed by atoms with van der Waals surface area (Å²) >= 11 is 0. The fraction of sp³-hybridized carbons (Fsp3) is 0.350. The Balaban J connectivity index is 1.41. The molecule has 1 aliphatic heterocycles. The normalized spacial score (nSPS) is 14.5. The number of alkyl halides is 3. The molecule has 0 aliphatic carbocycles. The minimum atomic E-state index is -4.42. The zero-order valence-corrected chi connectivity index (χ0v) is 16.8. The van der Waals surface area contributed by atoms with E-state index >= 15 is 0 Å². The second-order valence-corrected chi connectivity index (χ2v) is 7.16. The molecule has 3 aromatic rings. The van der Waals surface area contributed by atoms with Crippen LogP contribution in [0.5, 0.6) is 0 Å². The molecule has 9 nitrogen and oxygen atoms in total. The smallest absolute Gasteiger partial charge is 0.378 e. The van der Waals surface area contributed by atoms with E-state index in [1.165, 1.54) is 24.7 Å². The predicted molar refractivity (Wildman–Crippen MR) is 108 cm³/mol. The Hall–Kier alpha value is -3.54. The van der Waals surface area contributed by atoms with Crippen molar-refractivity contribution in [2.75, 3.05) is 31.2 Å². The summed E-state index contributed by atoms with van der Waals surface area (Å²) in [7, 11) is 0. The van der Waals surface area contributed by atoms with E-state index in [-0.39, 0.29) is 24.1 Å². The number of rotatable bonds is 5. The summed E-state index contributed by atoms with van der Waals surface area (Å²) < 4.78 is 44.3. The van der Waals surface area contributed by atoms with Gasteiger partial charge in [-0.3, -0.25) is 14.2 Å². The second-order valence-electron chi connectivity index (χ2n) is 7.16. The first kappa shape index (κ1) is 21.7. The predicted octanol–water partition coefficient (Wildman–Crippen LogP) is 1.36. The van der Waals surface area contributed by atoms with Crippen molar-refractivity contribution in [3.8, 4) is 0 Å². The number of carbonyl (C=O) groups excluding carboxylic acids is 1. The number of hydrogen-bond acceptors (Lipinski definition) is 7. The molecule has 32 heavy (non-hydrogen) atoms. The summed E-state index contributed by atoms with van der Waals surface area (Å²) in [6.45, 7) is 2.14. The van der Waals surface area contributed by atoms with Gasteiger partial charge in [0.25, 0.3) is 5.56 Å². The Morgan fingerprint density at radius 1 is 1.12 bits per heavy atom. The van der Waals surface area contributed by atoms with E-state index in [1.54, 1.807) is 0 Å². The average Bonchev–Trinajstić information content (AvgIpc) is 2.79. The van der Waals surface area contributed by atoms with Crippen LogP contribution in [0.25, 0.3) is 11.0 Å². The molecule has 0 radical (unpaired) electrons. The highest BCUT2D eigenvalue weighted by Crippen LogP contribution is 2.29. The molecular formula is C20H19F3N6O3. The molecule has 12 heteroatoms. The maximum Gasteiger partial charge on any atom is 0.416 e. The molecular weight excluding hydrogens is 429 g/mol. The second kappa shape index (κ2) is 8.91. The molecule has 0 bridgehead atoms. The Labute approximate surface area is 179 Å². The van der Waals surface area contributed by atoms with Crippen molar-refractivity contribution in [2.45, 2.75) is 19.3 Å². The molecule has 168 valence electrons. The summed E-state index contributed by atoms with van der Waals surface area (Å²) in [4.78, 5) is 39.6. The summed E-state index contributed by atoms with van der Waals surface area (Å²) in [5, 5.41) is 2.76. The van der Waals surface area contributed by atoms with Crippen molar-refractivity contribution in [3.05, 3.63) is 58.3 Å². The molecule has 3 heterocycles. The van der Waals surface area contributed by atoms with Gasteiger partial charge in [0.05, 0.1) is 18.8 Å². The molecule has 1 aliphatic rings. The number of fused-ring (bicyclic) bond motifs is 1. The summed E-state index contributed by atoms with van der Waals surface area (Å²) in [6, 6.07) is 4.47. The number of benzene rings is 1. The van der Waals surface area contributed by atoms with Gasteiger partial charge in [-0.25, -0.2) is 9.97 Å². The lowest BCUT2D eigenvalue weighted by atomic mass is 10.1. The first-order chi connectivity index (χ1) is 15.3. The molecule has 4 rings (SSSR count). The molecule has 1 saturated heterocycles. The number of halogens is 3. The van der Waals surface area contributed by atoms with E-state index in [0.29, 0.717) is 37.8 Å². The zero-order chi connectivity index (χ0) is 22.7. The van der Waals surface area contributed by atoms with Gasteiger partial charge < -0.3 is 15.0 Å². The highest BCUT2D eigenvalue weighted by molar-refractivity contribution is 5.77. The van der Waals surface area contributed by atoms with Crippen molar-refractivity contribution in [1.29, 1.82) is 0 Å². The number of morpholine rings is 1. The van der Waals surface area contributed by atoms with Crippen LogP contribution in [0, 0.1) is 0 Å². The standard InChI is InChI=1S/C20H19F3N6O3/c21-20(22,23)14-3-1-13(2-4-14)9-24-16(30)11-29-12-26-17-15(18(29)31)10-25-19(27-17)28-5-7-32-8-6-28/h1-4,10,12H,5-9,11H2,(H,24,30). The van der Waals surface area contributed by atoms with Gasteiger partial charge in [-0.05, 0) is 17.7 Å². The van der Waals surface area contributed by atoms with Crippen LogP contribution in [0.2, 0.25) is 0 Å². The van der Waals surface area contributed by atoms with Crippen molar-refractivity contribution in [3.63, 3.8) is 0 Å². The highest BCUT2D eigenvalue weighted by atomic mass is 19.4. The van der Waals surface area contributed by atoms with Crippen molar-refractivity contribution in [1.82, 2.24) is 24.8 Å². The first-order valence-electron chi connectivity index (χ1n) is 9.79. The number of carbonyl (C=O) groups is 1. The lowest BCUT2D eigenvalue weighted by Gasteiger charge is -2.26. The van der Waals surface area contributed by atoms with Crippen LogP contribution in [-0.4, -0.2) is 51.7 Å². The van der Waals surface area contributed by atoms with E-state index in [1.807, 2.05) is 4.90 Å².